The van der Waals surface area contributed by atoms with E-state index in [2.05, 4.69) is 11.4 Å². The van der Waals surface area contributed by atoms with Gasteiger partial charge < -0.3 is 16.2 Å². The number of hydrogen-bond acceptors (Lipinski definition) is 3. The summed E-state index contributed by atoms with van der Waals surface area (Å²) in [5, 5.41) is 16.9. The molecule has 0 fully saturated rings. The Balaban J connectivity index is 1.98. The Labute approximate surface area is 164 Å². The molecule has 0 saturated carbocycles. The first-order valence-corrected chi connectivity index (χ1v) is 9.54. The van der Waals surface area contributed by atoms with Crippen LogP contribution in [0.4, 0.5) is 0 Å². The first-order chi connectivity index (χ1) is 13.4. The smallest absolute Gasteiger partial charge is 0.249 e. The third kappa shape index (κ3) is 4.31. The van der Waals surface area contributed by atoms with Crippen LogP contribution in [0.1, 0.15) is 25.8 Å². The number of fused-ring (bicyclic) bond motifs is 2. The number of hydrogen-bond donors (Lipinski definition) is 3. The van der Waals surface area contributed by atoms with E-state index in [9.17, 15) is 14.7 Å². The zero-order valence-corrected chi connectivity index (χ0v) is 16.2. The van der Waals surface area contributed by atoms with Gasteiger partial charge in [-0.3, -0.25) is 9.59 Å². The number of benzene rings is 3. The number of rotatable bonds is 7. The minimum atomic E-state index is -1.16. The summed E-state index contributed by atoms with van der Waals surface area (Å²) >= 11 is 0. The lowest BCUT2D eigenvalue weighted by atomic mass is 9.92. The van der Waals surface area contributed by atoms with E-state index in [1.54, 1.807) is 0 Å². The Morgan fingerprint density at radius 2 is 1.54 bits per heavy atom. The minimum absolute atomic E-state index is 0.162. The number of primary amides is 1. The normalized spacial score (nSPS) is 13.6. The van der Waals surface area contributed by atoms with E-state index < -0.39 is 24.0 Å². The van der Waals surface area contributed by atoms with E-state index in [-0.39, 0.29) is 12.3 Å². The maximum Gasteiger partial charge on any atom is 0.249 e. The van der Waals surface area contributed by atoms with Gasteiger partial charge in [0.25, 0.3) is 0 Å². The highest BCUT2D eigenvalue weighted by Gasteiger charge is 2.25. The molecule has 0 heterocycles. The van der Waals surface area contributed by atoms with Crippen molar-refractivity contribution in [3.05, 3.63) is 60.2 Å². The van der Waals surface area contributed by atoms with Gasteiger partial charge in [0.05, 0.1) is 0 Å². The number of carbonyl (C=O) groups excluding carboxylic acids is 2. The van der Waals surface area contributed by atoms with Crippen LogP contribution in [0.15, 0.2) is 54.6 Å². The fraction of sp³-hybridized carbons (Fsp3) is 0.304. The summed E-state index contributed by atoms with van der Waals surface area (Å²) in [6.45, 7) is 3.84. The van der Waals surface area contributed by atoms with E-state index in [0.717, 1.165) is 27.1 Å². The first kappa shape index (κ1) is 19.8. The van der Waals surface area contributed by atoms with E-state index in [0.29, 0.717) is 6.42 Å². The highest BCUT2D eigenvalue weighted by molar-refractivity contribution is 6.03. The van der Waals surface area contributed by atoms with Crippen LogP contribution in [0.2, 0.25) is 0 Å². The number of amides is 2. The number of carbonyl (C=O) groups is 2. The molecule has 0 unspecified atom stereocenters. The summed E-state index contributed by atoms with van der Waals surface area (Å²) in [4.78, 5) is 24.4. The number of nitrogens with two attached hydrogens (primary N) is 1. The van der Waals surface area contributed by atoms with Crippen LogP contribution in [0, 0.1) is 5.92 Å². The lowest BCUT2D eigenvalue weighted by Gasteiger charge is -2.21. The van der Waals surface area contributed by atoms with Crippen LogP contribution in [0.3, 0.4) is 0 Å². The monoisotopic (exact) mass is 378 g/mol. The summed E-state index contributed by atoms with van der Waals surface area (Å²) < 4.78 is 0. The Morgan fingerprint density at radius 3 is 2.04 bits per heavy atom. The molecular weight excluding hydrogens is 352 g/mol. The molecule has 3 aromatic carbocycles. The molecule has 0 aliphatic heterocycles. The summed E-state index contributed by atoms with van der Waals surface area (Å²) in [5.41, 5.74) is 6.54. The summed E-state index contributed by atoms with van der Waals surface area (Å²) in [7, 11) is 0. The Kier molecular flexibility index (Phi) is 5.95. The van der Waals surface area contributed by atoms with E-state index >= 15 is 0 Å². The summed E-state index contributed by atoms with van der Waals surface area (Å²) in [5.74, 6) is -1.03. The SMILES string of the molecule is CC(C)C[C@H](O)C(=O)N[C@@H](Cc1c2ccccc2cc2ccccc12)C(N)=O. The van der Waals surface area contributed by atoms with Gasteiger partial charge in [0, 0.05) is 6.42 Å². The molecule has 0 aliphatic rings. The van der Waals surface area contributed by atoms with Gasteiger partial charge in [-0.1, -0.05) is 62.4 Å². The van der Waals surface area contributed by atoms with Crippen LogP contribution in [0.5, 0.6) is 0 Å². The number of aliphatic hydroxyl groups is 1. The third-order valence-corrected chi connectivity index (χ3v) is 4.95. The fourth-order valence-corrected chi connectivity index (χ4v) is 3.58. The lowest BCUT2D eigenvalue weighted by Crippen LogP contribution is -2.49. The molecule has 3 rings (SSSR count). The molecule has 2 atom stereocenters. The second-order valence-electron chi connectivity index (χ2n) is 7.61. The van der Waals surface area contributed by atoms with Gasteiger partial charge in [0.1, 0.15) is 12.1 Å². The predicted octanol–water partition coefficient (Wildman–Crippen LogP) is 2.91. The van der Waals surface area contributed by atoms with Gasteiger partial charge in [-0.05, 0) is 45.5 Å². The van der Waals surface area contributed by atoms with Crippen LogP contribution < -0.4 is 11.1 Å². The average molecular weight is 378 g/mol. The van der Waals surface area contributed by atoms with Crippen LogP contribution >= 0.6 is 0 Å². The molecule has 2 amide bonds. The quantitative estimate of drug-likeness (QED) is 0.552. The second kappa shape index (κ2) is 8.40. The van der Waals surface area contributed by atoms with Crippen molar-refractivity contribution in [1.82, 2.24) is 5.32 Å². The molecule has 28 heavy (non-hydrogen) atoms. The van der Waals surface area contributed by atoms with Crippen molar-refractivity contribution in [3.8, 4) is 0 Å². The maximum atomic E-state index is 12.3. The van der Waals surface area contributed by atoms with Crippen molar-refractivity contribution in [2.45, 2.75) is 38.8 Å². The molecule has 0 aromatic heterocycles. The van der Waals surface area contributed by atoms with Crippen LogP contribution in [-0.2, 0) is 16.0 Å². The fourth-order valence-electron chi connectivity index (χ4n) is 3.58. The summed E-state index contributed by atoms with van der Waals surface area (Å²) in [6.07, 6.45) is -0.572. The minimum Gasteiger partial charge on any atom is -0.383 e. The maximum absolute atomic E-state index is 12.3. The van der Waals surface area contributed by atoms with Crippen molar-refractivity contribution in [2.75, 3.05) is 0 Å². The zero-order valence-electron chi connectivity index (χ0n) is 16.2. The molecule has 4 N–H and O–H groups in total. The van der Waals surface area contributed by atoms with Gasteiger partial charge in [0.15, 0.2) is 0 Å². The standard InChI is InChI=1S/C23H26N2O3/c1-14(2)11-21(26)23(28)25-20(22(24)27)13-19-17-9-5-3-7-15(17)12-16-8-4-6-10-18(16)19/h3-10,12,14,20-21,26H,11,13H2,1-2H3,(H2,24,27)(H,25,28)/t20-,21-/m0/s1. The molecule has 0 bridgehead atoms. The molecule has 0 saturated heterocycles. The largest absolute Gasteiger partial charge is 0.383 e. The molecule has 3 aromatic rings. The Hall–Kier alpha value is -2.92. The van der Waals surface area contributed by atoms with E-state index in [1.807, 2.05) is 62.4 Å². The Morgan fingerprint density at radius 1 is 1.00 bits per heavy atom. The Bertz CT molecular complexity index is 959. The van der Waals surface area contributed by atoms with Crippen molar-refractivity contribution in [1.29, 1.82) is 0 Å². The molecule has 0 radical (unpaired) electrons. The zero-order chi connectivity index (χ0) is 20.3. The van der Waals surface area contributed by atoms with Crippen LogP contribution in [0.25, 0.3) is 21.5 Å². The highest BCUT2D eigenvalue weighted by atomic mass is 16.3. The van der Waals surface area contributed by atoms with Crippen LogP contribution in [-0.4, -0.2) is 29.1 Å². The number of nitrogens with one attached hydrogen (secondary N) is 1. The molecular formula is C23H26N2O3. The predicted molar refractivity (Wildman–Crippen MR) is 112 cm³/mol. The van der Waals surface area contributed by atoms with E-state index in [4.69, 9.17) is 5.73 Å². The molecule has 5 heteroatoms. The highest BCUT2D eigenvalue weighted by Crippen LogP contribution is 2.29. The molecule has 0 aliphatic carbocycles. The molecule has 5 nitrogen and oxygen atoms in total. The van der Waals surface area contributed by atoms with Gasteiger partial charge in [-0.15, -0.1) is 0 Å². The number of aliphatic hydroxyl groups excluding tert-OH is 1. The van der Waals surface area contributed by atoms with E-state index in [1.165, 1.54) is 0 Å². The van der Waals surface area contributed by atoms with Gasteiger partial charge in [-0.2, -0.15) is 0 Å². The second-order valence-corrected chi connectivity index (χ2v) is 7.61. The average Bonchev–Trinajstić information content (AvgIpc) is 2.66. The lowest BCUT2D eigenvalue weighted by molar-refractivity contribution is -0.133. The van der Waals surface area contributed by atoms with Crippen molar-refractivity contribution in [3.63, 3.8) is 0 Å². The first-order valence-electron chi connectivity index (χ1n) is 9.54. The van der Waals surface area contributed by atoms with Crippen molar-refractivity contribution < 1.29 is 14.7 Å². The topological polar surface area (TPSA) is 92.4 Å². The van der Waals surface area contributed by atoms with Gasteiger partial charge >= 0.3 is 0 Å². The summed E-state index contributed by atoms with van der Waals surface area (Å²) in [6, 6.07) is 17.1. The third-order valence-electron chi connectivity index (χ3n) is 4.95. The molecule has 0 spiro atoms. The van der Waals surface area contributed by atoms with Gasteiger partial charge in [-0.25, -0.2) is 0 Å². The van der Waals surface area contributed by atoms with Crippen molar-refractivity contribution in [2.24, 2.45) is 11.7 Å². The molecule has 146 valence electrons. The van der Waals surface area contributed by atoms with Crippen molar-refractivity contribution >= 4 is 33.4 Å². The van der Waals surface area contributed by atoms with Gasteiger partial charge in [0.2, 0.25) is 11.8 Å².